The highest BCUT2D eigenvalue weighted by Crippen LogP contribution is 2.17. The van der Waals surface area contributed by atoms with Crippen molar-refractivity contribution in [1.29, 1.82) is 0 Å². The van der Waals surface area contributed by atoms with E-state index in [2.05, 4.69) is 14.9 Å². The molecule has 2 heterocycles. The van der Waals surface area contributed by atoms with Gasteiger partial charge in [0.25, 0.3) is 0 Å². The lowest BCUT2D eigenvalue weighted by Crippen LogP contribution is -2.36. The molecule has 0 amide bonds. The highest BCUT2D eigenvalue weighted by molar-refractivity contribution is 5.87. The number of carbonyl (C=O) groups is 1. The predicted octanol–water partition coefficient (Wildman–Crippen LogP) is 1.76. The summed E-state index contributed by atoms with van der Waals surface area (Å²) in [5.74, 6) is 0.0876. The van der Waals surface area contributed by atoms with E-state index < -0.39 is 5.97 Å². The molecule has 1 aromatic heterocycles. The Morgan fingerprint density at radius 2 is 1.96 bits per heavy atom. The third-order valence-electron chi connectivity index (χ3n) is 3.70. The Bertz CT molecular complexity index is 670. The minimum Gasteiger partial charge on any atom is -0.464 e. The smallest absolute Gasteiger partial charge is 0.356 e. The second kappa shape index (κ2) is 7.30. The van der Waals surface area contributed by atoms with Gasteiger partial charge in [-0.3, -0.25) is 4.90 Å². The van der Waals surface area contributed by atoms with Gasteiger partial charge in [0.1, 0.15) is 0 Å². The Balaban J connectivity index is 1.92. The summed E-state index contributed by atoms with van der Waals surface area (Å²) >= 11 is 0. The Labute approximate surface area is 135 Å². The molecule has 1 aliphatic heterocycles. The Hall–Kier alpha value is -2.31. The van der Waals surface area contributed by atoms with Crippen LogP contribution in [-0.4, -0.2) is 54.3 Å². The number of benzene rings is 1. The topological polar surface area (TPSA) is 64.5 Å². The fraction of sp³-hybridized carbons (Fsp3) is 0.353. The summed E-state index contributed by atoms with van der Waals surface area (Å²) in [5, 5.41) is 0. The number of hydrogen-bond acceptors (Lipinski definition) is 6. The number of nitrogens with zero attached hydrogens (tertiary/aromatic N) is 3. The lowest BCUT2D eigenvalue weighted by Gasteiger charge is -2.26. The molecule has 6 heteroatoms. The number of rotatable bonds is 4. The largest absolute Gasteiger partial charge is 0.464 e. The maximum Gasteiger partial charge on any atom is 0.356 e. The van der Waals surface area contributed by atoms with Gasteiger partial charge in [-0.15, -0.1) is 0 Å². The molecule has 0 saturated carbocycles. The molecule has 120 valence electrons. The molecule has 0 spiro atoms. The quantitative estimate of drug-likeness (QED) is 0.802. The van der Waals surface area contributed by atoms with E-state index in [0.29, 0.717) is 12.4 Å². The molecule has 2 aromatic rings. The number of morpholine rings is 1. The molecule has 1 aliphatic rings. The SMILES string of the molecule is COC(=O)c1cc(CN2CCOCC2)nc(-c2ccccc2)n1. The highest BCUT2D eigenvalue weighted by Gasteiger charge is 2.16. The lowest BCUT2D eigenvalue weighted by molar-refractivity contribution is 0.0336. The molecule has 0 radical (unpaired) electrons. The van der Waals surface area contributed by atoms with Gasteiger partial charge in [0.05, 0.1) is 26.0 Å². The van der Waals surface area contributed by atoms with Crippen molar-refractivity contribution >= 4 is 5.97 Å². The van der Waals surface area contributed by atoms with E-state index in [9.17, 15) is 4.79 Å². The van der Waals surface area contributed by atoms with Crippen molar-refractivity contribution in [3.8, 4) is 11.4 Å². The average Bonchev–Trinajstić information content (AvgIpc) is 2.62. The van der Waals surface area contributed by atoms with Gasteiger partial charge >= 0.3 is 5.97 Å². The summed E-state index contributed by atoms with van der Waals surface area (Å²) in [4.78, 5) is 23.1. The van der Waals surface area contributed by atoms with E-state index in [1.54, 1.807) is 6.07 Å². The zero-order valence-electron chi connectivity index (χ0n) is 13.1. The van der Waals surface area contributed by atoms with Crippen molar-refractivity contribution < 1.29 is 14.3 Å². The van der Waals surface area contributed by atoms with Crippen LogP contribution in [0.2, 0.25) is 0 Å². The van der Waals surface area contributed by atoms with Gasteiger partial charge in [-0.2, -0.15) is 0 Å². The zero-order valence-corrected chi connectivity index (χ0v) is 13.1. The van der Waals surface area contributed by atoms with Crippen LogP contribution >= 0.6 is 0 Å². The molecular formula is C17H19N3O3. The fourth-order valence-electron chi connectivity index (χ4n) is 2.49. The lowest BCUT2D eigenvalue weighted by atomic mass is 10.2. The maximum absolute atomic E-state index is 11.9. The molecule has 6 nitrogen and oxygen atoms in total. The maximum atomic E-state index is 11.9. The Kier molecular flexibility index (Phi) is 4.95. The van der Waals surface area contributed by atoms with Gasteiger partial charge in [0.15, 0.2) is 11.5 Å². The summed E-state index contributed by atoms with van der Waals surface area (Å²) in [6.45, 7) is 3.83. The molecular weight excluding hydrogens is 294 g/mol. The minimum atomic E-state index is -0.451. The first-order valence-corrected chi connectivity index (χ1v) is 7.58. The fourth-order valence-corrected chi connectivity index (χ4v) is 2.49. The zero-order chi connectivity index (χ0) is 16.1. The number of carbonyl (C=O) groups excluding carboxylic acids is 1. The van der Waals surface area contributed by atoms with Crippen LogP contribution < -0.4 is 0 Å². The molecule has 0 bridgehead atoms. The molecule has 23 heavy (non-hydrogen) atoms. The second-order valence-electron chi connectivity index (χ2n) is 5.31. The molecule has 1 fully saturated rings. The summed E-state index contributed by atoms with van der Waals surface area (Å²) in [6.07, 6.45) is 0. The number of methoxy groups -OCH3 is 1. The van der Waals surface area contributed by atoms with Gasteiger partial charge in [-0.05, 0) is 6.07 Å². The van der Waals surface area contributed by atoms with Gasteiger partial charge in [0.2, 0.25) is 0 Å². The van der Waals surface area contributed by atoms with E-state index in [1.165, 1.54) is 7.11 Å². The first kappa shape index (κ1) is 15.6. The third kappa shape index (κ3) is 3.91. The van der Waals surface area contributed by atoms with Crippen molar-refractivity contribution in [2.45, 2.75) is 6.54 Å². The monoisotopic (exact) mass is 313 g/mol. The number of aromatic nitrogens is 2. The molecule has 3 rings (SSSR count). The third-order valence-corrected chi connectivity index (χ3v) is 3.70. The van der Waals surface area contributed by atoms with E-state index in [4.69, 9.17) is 9.47 Å². The first-order valence-electron chi connectivity index (χ1n) is 7.58. The first-order chi connectivity index (χ1) is 11.3. The van der Waals surface area contributed by atoms with Crippen molar-refractivity contribution in [1.82, 2.24) is 14.9 Å². The molecule has 1 saturated heterocycles. The van der Waals surface area contributed by atoms with E-state index in [0.717, 1.165) is 37.6 Å². The second-order valence-corrected chi connectivity index (χ2v) is 5.31. The average molecular weight is 313 g/mol. The van der Waals surface area contributed by atoms with Gasteiger partial charge < -0.3 is 9.47 Å². The Morgan fingerprint density at radius 1 is 1.22 bits per heavy atom. The standard InChI is InChI=1S/C17H19N3O3/c1-22-17(21)15-11-14(12-20-7-9-23-10-8-20)18-16(19-15)13-5-3-2-4-6-13/h2-6,11H,7-10,12H2,1H3. The minimum absolute atomic E-state index is 0.282. The molecule has 0 unspecified atom stereocenters. The summed E-state index contributed by atoms with van der Waals surface area (Å²) in [7, 11) is 1.36. The van der Waals surface area contributed by atoms with Crippen molar-refractivity contribution in [2.75, 3.05) is 33.4 Å². The molecule has 0 atom stereocenters. The van der Waals surface area contributed by atoms with Crippen molar-refractivity contribution in [3.63, 3.8) is 0 Å². The van der Waals surface area contributed by atoms with E-state index >= 15 is 0 Å². The molecule has 1 aromatic carbocycles. The highest BCUT2D eigenvalue weighted by atomic mass is 16.5. The molecule has 0 aliphatic carbocycles. The van der Waals surface area contributed by atoms with E-state index in [1.807, 2.05) is 30.3 Å². The van der Waals surface area contributed by atoms with Crippen molar-refractivity contribution in [3.05, 3.63) is 47.8 Å². The molecule has 0 N–H and O–H groups in total. The number of ether oxygens (including phenoxy) is 2. The number of hydrogen-bond donors (Lipinski definition) is 0. The van der Waals surface area contributed by atoms with Crippen LogP contribution in [-0.2, 0) is 16.0 Å². The predicted molar refractivity (Wildman–Crippen MR) is 84.9 cm³/mol. The van der Waals surface area contributed by atoms with Crippen LogP contribution in [0, 0.1) is 0 Å². The van der Waals surface area contributed by atoms with Crippen LogP contribution in [0.15, 0.2) is 36.4 Å². The normalized spacial score (nSPS) is 15.3. The van der Waals surface area contributed by atoms with E-state index in [-0.39, 0.29) is 5.69 Å². The van der Waals surface area contributed by atoms with Crippen LogP contribution in [0.4, 0.5) is 0 Å². The van der Waals surface area contributed by atoms with Gasteiger partial charge in [-0.1, -0.05) is 30.3 Å². The van der Waals surface area contributed by atoms with Gasteiger partial charge in [0, 0.05) is 25.2 Å². The number of esters is 1. The summed E-state index contributed by atoms with van der Waals surface area (Å²) in [6, 6.07) is 11.3. The van der Waals surface area contributed by atoms with Crippen LogP contribution in [0.25, 0.3) is 11.4 Å². The van der Waals surface area contributed by atoms with Crippen LogP contribution in [0.3, 0.4) is 0 Å². The summed E-state index contributed by atoms with van der Waals surface area (Å²) in [5.41, 5.74) is 1.97. The van der Waals surface area contributed by atoms with Crippen molar-refractivity contribution in [2.24, 2.45) is 0 Å². The van der Waals surface area contributed by atoms with Gasteiger partial charge in [-0.25, -0.2) is 14.8 Å². The van der Waals surface area contributed by atoms with Crippen LogP contribution in [0.1, 0.15) is 16.2 Å². The summed E-state index contributed by atoms with van der Waals surface area (Å²) < 4.78 is 10.2. The van der Waals surface area contributed by atoms with Crippen LogP contribution in [0.5, 0.6) is 0 Å². The Morgan fingerprint density at radius 3 is 2.65 bits per heavy atom.